The van der Waals surface area contributed by atoms with Crippen molar-refractivity contribution in [2.45, 2.75) is 13.0 Å². The van der Waals surface area contributed by atoms with Crippen LogP contribution in [0.4, 0.5) is 0 Å². The van der Waals surface area contributed by atoms with Gasteiger partial charge in [-0.1, -0.05) is 0 Å². The van der Waals surface area contributed by atoms with Crippen LogP contribution < -0.4 is 10.1 Å². The molecular weight excluding hydrogens is 297 g/mol. The minimum atomic E-state index is 0. The van der Waals surface area contributed by atoms with E-state index in [-0.39, 0.29) is 24.8 Å². The van der Waals surface area contributed by atoms with Crippen LogP contribution in [0.2, 0.25) is 0 Å². The topological polar surface area (TPSA) is 39.1 Å². The Kier molecular flexibility index (Phi) is 6.33. The summed E-state index contributed by atoms with van der Waals surface area (Å²) < 4.78 is 7.49. The number of ether oxygens (including phenoxy) is 1. The van der Waals surface area contributed by atoms with Crippen molar-refractivity contribution < 1.29 is 4.74 Å². The second-order valence-electron chi connectivity index (χ2n) is 4.44. The molecule has 2 aromatic rings. The maximum atomic E-state index is 5.19. The van der Waals surface area contributed by atoms with Gasteiger partial charge in [0.1, 0.15) is 11.6 Å². The van der Waals surface area contributed by atoms with Gasteiger partial charge in [0.05, 0.1) is 19.0 Å². The molecule has 0 unspecified atom stereocenters. The highest BCUT2D eigenvalue weighted by molar-refractivity contribution is 5.85. The summed E-state index contributed by atoms with van der Waals surface area (Å²) in [6, 6.07) is 8.15. The molecule has 0 bridgehead atoms. The molecule has 0 saturated carbocycles. The first-order chi connectivity index (χ1) is 8.88. The van der Waals surface area contributed by atoms with Crippen molar-refractivity contribution in [3.63, 3.8) is 0 Å². The van der Waals surface area contributed by atoms with Crippen molar-refractivity contribution in [1.29, 1.82) is 0 Å². The molecule has 0 radical (unpaired) electrons. The molecule has 1 aromatic carbocycles. The highest BCUT2D eigenvalue weighted by Crippen LogP contribution is 2.24. The van der Waals surface area contributed by atoms with Crippen LogP contribution in [0, 0.1) is 0 Å². The van der Waals surface area contributed by atoms with Crippen molar-refractivity contribution >= 4 is 24.8 Å². The van der Waals surface area contributed by atoms with Gasteiger partial charge in [0, 0.05) is 31.6 Å². The maximum absolute atomic E-state index is 5.19. The fourth-order valence-corrected chi connectivity index (χ4v) is 2.37. The largest absolute Gasteiger partial charge is 0.497 e. The van der Waals surface area contributed by atoms with Crippen molar-refractivity contribution in [1.82, 2.24) is 14.9 Å². The smallest absolute Gasteiger partial charge is 0.118 e. The van der Waals surface area contributed by atoms with Gasteiger partial charge in [0.15, 0.2) is 0 Å². The SMILES string of the molecule is COc1ccc(-c2cnc3n2CCNCC3)cc1.Cl.Cl. The number of imidazole rings is 1. The molecule has 6 heteroatoms. The summed E-state index contributed by atoms with van der Waals surface area (Å²) in [6.07, 6.45) is 2.97. The molecule has 0 aliphatic carbocycles. The Morgan fingerprint density at radius 3 is 2.60 bits per heavy atom. The number of hydrogen-bond donors (Lipinski definition) is 1. The first kappa shape index (κ1) is 16.8. The Bertz CT molecular complexity index is 540. The van der Waals surface area contributed by atoms with E-state index in [2.05, 4.69) is 27.0 Å². The molecule has 0 atom stereocenters. The van der Waals surface area contributed by atoms with Gasteiger partial charge in [-0.05, 0) is 24.3 Å². The van der Waals surface area contributed by atoms with Gasteiger partial charge in [-0.15, -0.1) is 24.8 Å². The summed E-state index contributed by atoms with van der Waals surface area (Å²) in [4.78, 5) is 4.53. The lowest BCUT2D eigenvalue weighted by atomic mass is 10.1. The minimum absolute atomic E-state index is 0. The van der Waals surface area contributed by atoms with E-state index in [1.807, 2.05) is 18.3 Å². The first-order valence-electron chi connectivity index (χ1n) is 6.28. The van der Waals surface area contributed by atoms with Crippen LogP contribution in [-0.2, 0) is 13.0 Å². The molecule has 4 nitrogen and oxygen atoms in total. The molecule has 1 aliphatic heterocycles. The Morgan fingerprint density at radius 1 is 1.15 bits per heavy atom. The Hall–Kier alpha value is -1.23. The molecule has 110 valence electrons. The van der Waals surface area contributed by atoms with Crippen LogP contribution in [0.25, 0.3) is 11.3 Å². The predicted molar refractivity (Wildman–Crippen MR) is 85.3 cm³/mol. The van der Waals surface area contributed by atoms with Gasteiger partial charge in [-0.25, -0.2) is 4.98 Å². The van der Waals surface area contributed by atoms with Gasteiger partial charge in [0.2, 0.25) is 0 Å². The monoisotopic (exact) mass is 315 g/mol. The third-order valence-corrected chi connectivity index (χ3v) is 3.36. The maximum Gasteiger partial charge on any atom is 0.118 e. The zero-order chi connectivity index (χ0) is 12.4. The summed E-state index contributed by atoms with van der Waals surface area (Å²) in [5.74, 6) is 2.06. The molecule has 2 heterocycles. The fourth-order valence-electron chi connectivity index (χ4n) is 2.37. The second-order valence-corrected chi connectivity index (χ2v) is 4.44. The third kappa shape index (κ3) is 3.26. The average Bonchev–Trinajstić information content (AvgIpc) is 2.68. The normalized spacial score (nSPS) is 13.4. The zero-order valence-electron chi connectivity index (χ0n) is 11.3. The van der Waals surface area contributed by atoms with Gasteiger partial charge < -0.3 is 14.6 Å². The fraction of sp³-hybridized carbons (Fsp3) is 0.357. The van der Waals surface area contributed by atoms with E-state index in [0.29, 0.717) is 0 Å². The van der Waals surface area contributed by atoms with Crippen LogP contribution in [0.1, 0.15) is 5.82 Å². The molecule has 3 rings (SSSR count). The predicted octanol–water partition coefficient (Wildman–Crippen LogP) is 2.55. The number of rotatable bonds is 2. The van der Waals surface area contributed by atoms with Crippen LogP contribution in [-0.4, -0.2) is 29.8 Å². The molecule has 0 saturated heterocycles. The van der Waals surface area contributed by atoms with Crippen molar-refractivity contribution in [3.8, 4) is 17.0 Å². The van der Waals surface area contributed by atoms with Crippen LogP contribution in [0.5, 0.6) is 5.75 Å². The lowest BCUT2D eigenvalue weighted by molar-refractivity contribution is 0.415. The highest BCUT2D eigenvalue weighted by atomic mass is 35.5. The number of nitrogens with zero attached hydrogens (tertiary/aromatic N) is 2. The van der Waals surface area contributed by atoms with E-state index in [1.54, 1.807) is 7.11 Å². The van der Waals surface area contributed by atoms with Crippen LogP contribution in [0.3, 0.4) is 0 Å². The number of halogens is 2. The van der Waals surface area contributed by atoms with E-state index >= 15 is 0 Å². The van der Waals surface area contributed by atoms with Gasteiger partial charge in [-0.2, -0.15) is 0 Å². The van der Waals surface area contributed by atoms with Crippen molar-refractivity contribution in [2.75, 3.05) is 20.2 Å². The molecule has 0 fully saturated rings. The van der Waals surface area contributed by atoms with E-state index in [0.717, 1.165) is 31.8 Å². The summed E-state index contributed by atoms with van der Waals surface area (Å²) >= 11 is 0. The third-order valence-electron chi connectivity index (χ3n) is 3.36. The summed E-state index contributed by atoms with van der Waals surface area (Å²) in [5, 5.41) is 3.40. The summed E-state index contributed by atoms with van der Waals surface area (Å²) in [6.45, 7) is 3.00. The first-order valence-corrected chi connectivity index (χ1v) is 6.28. The lowest BCUT2D eigenvalue weighted by Crippen LogP contribution is -2.17. The second kappa shape index (κ2) is 7.53. The molecule has 1 aromatic heterocycles. The molecule has 1 N–H and O–H groups in total. The Balaban J connectivity index is 0.000001000. The van der Waals surface area contributed by atoms with Gasteiger partial charge >= 0.3 is 0 Å². The van der Waals surface area contributed by atoms with Gasteiger partial charge in [-0.3, -0.25) is 0 Å². The van der Waals surface area contributed by atoms with Crippen LogP contribution >= 0.6 is 24.8 Å². The molecule has 0 spiro atoms. The molecular formula is C14H19Cl2N3O. The number of aromatic nitrogens is 2. The van der Waals surface area contributed by atoms with Gasteiger partial charge in [0.25, 0.3) is 0 Å². The number of methoxy groups -OCH3 is 1. The average molecular weight is 316 g/mol. The highest BCUT2D eigenvalue weighted by Gasteiger charge is 2.13. The van der Waals surface area contributed by atoms with E-state index in [4.69, 9.17) is 4.74 Å². The van der Waals surface area contributed by atoms with E-state index in [1.165, 1.54) is 17.1 Å². The van der Waals surface area contributed by atoms with Crippen molar-refractivity contribution in [2.24, 2.45) is 0 Å². The standard InChI is InChI=1S/C14H17N3O.2ClH/c1-18-12-4-2-11(3-5-12)13-10-16-14-6-7-15-8-9-17(13)14;;/h2-5,10,15H,6-9H2,1H3;2*1H. The minimum Gasteiger partial charge on any atom is -0.497 e. The number of benzene rings is 1. The van der Waals surface area contributed by atoms with Crippen LogP contribution in [0.15, 0.2) is 30.5 Å². The molecule has 20 heavy (non-hydrogen) atoms. The zero-order valence-corrected chi connectivity index (χ0v) is 13.0. The molecule has 0 amide bonds. The quantitative estimate of drug-likeness (QED) is 0.925. The summed E-state index contributed by atoms with van der Waals surface area (Å²) in [7, 11) is 1.69. The summed E-state index contributed by atoms with van der Waals surface area (Å²) in [5.41, 5.74) is 2.38. The van der Waals surface area contributed by atoms with E-state index in [9.17, 15) is 0 Å². The van der Waals surface area contributed by atoms with E-state index < -0.39 is 0 Å². The Morgan fingerprint density at radius 2 is 1.90 bits per heavy atom. The Labute approximate surface area is 131 Å². The number of nitrogens with one attached hydrogen (secondary N) is 1. The number of hydrogen-bond acceptors (Lipinski definition) is 3. The number of fused-ring (bicyclic) bond motifs is 1. The molecule has 1 aliphatic rings. The lowest BCUT2D eigenvalue weighted by Gasteiger charge is -2.09. The van der Waals surface area contributed by atoms with Crippen molar-refractivity contribution in [3.05, 3.63) is 36.3 Å².